The first-order valence-corrected chi connectivity index (χ1v) is 11.9. The Morgan fingerprint density at radius 1 is 1.10 bits per heavy atom. The summed E-state index contributed by atoms with van der Waals surface area (Å²) in [4.78, 5) is 12.8. The monoisotopic (exact) mass is 496 g/mol. The summed E-state index contributed by atoms with van der Waals surface area (Å²) >= 11 is 3.27. The molecule has 3 unspecified atom stereocenters. The van der Waals surface area contributed by atoms with Crippen LogP contribution in [0.25, 0.3) is 0 Å². The number of sulfonamides is 1. The van der Waals surface area contributed by atoms with E-state index in [0.717, 1.165) is 4.47 Å². The Labute approximate surface area is 177 Å². The maximum atomic E-state index is 13.0. The van der Waals surface area contributed by atoms with Crippen LogP contribution < -0.4 is 5.32 Å². The summed E-state index contributed by atoms with van der Waals surface area (Å²) < 4.78 is 66.7. The molecule has 1 aromatic rings. The number of rotatable bonds is 4. The predicted octanol–water partition coefficient (Wildman–Crippen LogP) is 4.09. The molecule has 0 aromatic heterocycles. The number of carbonyl (C=O) groups is 1. The minimum absolute atomic E-state index is 0.0413. The minimum atomic E-state index is -4.25. The van der Waals surface area contributed by atoms with Gasteiger partial charge < -0.3 is 5.32 Å². The molecule has 10 heteroatoms. The molecular weight excluding hydrogens is 473 g/mol. The number of carbonyl (C=O) groups excluding carboxylic acids is 1. The van der Waals surface area contributed by atoms with Crippen LogP contribution in [0.4, 0.5) is 13.2 Å². The highest BCUT2D eigenvalue weighted by Gasteiger charge is 2.43. The van der Waals surface area contributed by atoms with Crippen molar-refractivity contribution in [3.63, 3.8) is 0 Å². The second-order valence-corrected chi connectivity index (χ2v) is 10.6. The largest absolute Gasteiger partial charge is 0.391 e. The van der Waals surface area contributed by atoms with Gasteiger partial charge in [-0.15, -0.1) is 0 Å². The Kier molecular flexibility index (Phi) is 6.95. The van der Waals surface area contributed by atoms with Gasteiger partial charge in [-0.3, -0.25) is 4.79 Å². The van der Waals surface area contributed by atoms with E-state index in [0.29, 0.717) is 32.2 Å². The van der Waals surface area contributed by atoms with Crippen LogP contribution in [-0.4, -0.2) is 43.9 Å². The third-order valence-corrected chi connectivity index (χ3v) is 8.10. The molecule has 1 N–H and O–H groups in total. The van der Waals surface area contributed by atoms with Gasteiger partial charge in [0.05, 0.1) is 16.7 Å². The molecule has 1 aliphatic carbocycles. The highest BCUT2D eigenvalue weighted by Crippen LogP contribution is 2.37. The third kappa shape index (κ3) is 5.52. The van der Waals surface area contributed by atoms with Gasteiger partial charge >= 0.3 is 6.18 Å². The van der Waals surface area contributed by atoms with Gasteiger partial charge in [-0.2, -0.15) is 17.5 Å². The van der Waals surface area contributed by atoms with Crippen LogP contribution in [0.15, 0.2) is 33.6 Å². The molecule has 3 rings (SSSR count). The first-order valence-electron chi connectivity index (χ1n) is 9.70. The number of benzene rings is 1. The van der Waals surface area contributed by atoms with Crippen LogP contribution in [0.2, 0.25) is 0 Å². The molecule has 5 nitrogen and oxygen atoms in total. The van der Waals surface area contributed by atoms with E-state index >= 15 is 0 Å². The molecule has 0 bridgehead atoms. The molecule has 0 radical (unpaired) electrons. The predicted molar refractivity (Wildman–Crippen MR) is 106 cm³/mol. The van der Waals surface area contributed by atoms with Crippen molar-refractivity contribution in [1.82, 2.24) is 9.62 Å². The molecule has 2 aliphatic rings. The molecule has 3 atom stereocenters. The van der Waals surface area contributed by atoms with Gasteiger partial charge in [0.2, 0.25) is 15.9 Å². The van der Waals surface area contributed by atoms with Crippen LogP contribution in [0.5, 0.6) is 0 Å². The van der Waals surface area contributed by atoms with E-state index in [9.17, 15) is 26.4 Å². The fraction of sp³-hybridized carbons (Fsp3) is 0.632. The molecule has 29 heavy (non-hydrogen) atoms. The number of nitrogens with one attached hydrogen (secondary N) is 1. The molecule has 2 fully saturated rings. The van der Waals surface area contributed by atoms with E-state index in [4.69, 9.17) is 0 Å². The van der Waals surface area contributed by atoms with Crippen molar-refractivity contribution in [2.24, 2.45) is 11.8 Å². The second-order valence-electron chi connectivity index (χ2n) is 7.77. The van der Waals surface area contributed by atoms with Crippen molar-refractivity contribution in [2.45, 2.75) is 55.6 Å². The SMILES string of the molecule is O=C(NC1CCCC(C(F)(F)F)C1)C1CCCN(S(=O)(=O)c2ccc(Br)cc2)C1. The highest BCUT2D eigenvalue weighted by atomic mass is 79.9. The smallest absolute Gasteiger partial charge is 0.353 e. The number of halogens is 4. The average Bonchev–Trinajstić information content (AvgIpc) is 2.68. The lowest BCUT2D eigenvalue weighted by Crippen LogP contribution is -2.49. The Balaban J connectivity index is 1.63. The van der Waals surface area contributed by atoms with Gasteiger partial charge in [0.15, 0.2) is 0 Å². The van der Waals surface area contributed by atoms with Crippen molar-refractivity contribution >= 4 is 31.9 Å². The summed E-state index contributed by atoms with van der Waals surface area (Å²) in [6.07, 6.45) is -2.27. The summed E-state index contributed by atoms with van der Waals surface area (Å²) in [5.41, 5.74) is 0. The van der Waals surface area contributed by atoms with Crippen molar-refractivity contribution in [1.29, 1.82) is 0 Å². The van der Waals surface area contributed by atoms with E-state index in [1.165, 1.54) is 16.4 Å². The van der Waals surface area contributed by atoms with E-state index < -0.39 is 34.1 Å². The van der Waals surface area contributed by atoms with Crippen molar-refractivity contribution < 1.29 is 26.4 Å². The van der Waals surface area contributed by atoms with E-state index in [-0.39, 0.29) is 30.2 Å². The number of alkyl halides is 3. The Morgan fingerprint density at radius 3 is 2.45 bits per heavy atom. The Bertz CT molecular complexity index is 830. The summed E-state index contributed by atoms with van der Waals surface area (Å²) in [6, 6.07) is 5.77. The Hall–Kier alpha value is -1.13. The maximum Gasteiger partial charge on any atom is 0.391 e. The van der Waals surface area contributed by atoms with Crippen molar-refractivity contribution in [3.8, 4) is 0 Å². The van der Waals surface area contributed by atoms with Crippen LogP contribution in [0.3, 0.4) is 0 Å². The number of hydrogen-bond acceptors (Lipinski definition) is 3. The van der Waals surface area contributed by atoms with Gasteiger partial charge in [-0.1, -0.05) is 22.4 Å². The zero-order valence-electron chi connectivity index (χ0n) is 15.8. The quantitative estimate of drug-likeness (QED) is 0.682. The topological polar surface area (TPSA) is 66.5 Å². The zero-order valence-corrected chi connectivity index (χ0v) is 18.2. The molecule has 162 valence electrons. The molecule has 0 spiro atoms. The van der Waals surface area contributed by atoms with Crippen LogP contribution in [0.1, 0.15) is 38.5 Å². The summed E-state index contributed by atoms with van der Waals surface area (Å²) in [5, 5.41) is 2.74. The molecule has 1 amide bonds. The lowest BCUT2D eigenvalue weighted by Gasteiger charge is -2.34. The van der Waals surface area contributed by atoms with Gasteiger partial charge in [0.1, 0.15) is 0 Å². The van der Waals surface area contributed by atoms with E-state index in [1.54, 1.807) is 12.1 Å². The lowest BCUT2D eigenvalue weighted by molar-refractivity contribution is -0.184. The molecule has 1 saturated heterocycles. The van der Waals surface area contributed by atoms with Gasteiger partial charge in [0, 0.05) is 23.6 Å². The Morgan fingerprint density at radius 2 is 1.79 bits per heavy atom. The standard InChI is InChI=1S/C19H24BrF3N2O3S/c20-15-6-8-17(9-7-15)29(27,28)25-10-2-3-13(12-25)18(26)24-16-5-1-4-14(11-16)19(21,22)23/h6-9,13-14,16H,1-5,10-12H2,(H,24,26). The first kappa shape index (κ1) is 22.6. The van der Waals surface area contributed by atoms with E-state index in [2.05, 4.69) is 21.2 Å². The zero-order chi connectivity index (χ0) is 21.2. The molecule has 1 heterocycles. The van der Waals surface area contributed by atoms with Gasteiger partial charge in [0.25, 0.3) is 0 Å². The number of nitrogens with zero attached hydrogens (tertiary/aromatic N) is 1. The van der Waals surface area contributed by atoms with Gasteiger partial charge in [-0.25, -0.2) is 8.42 Å². The summed E-state index contributed by atoms with van der Waals surface area (Å²) in [6.45, 7) is 0.363. The van der Waals surface area contributed by atoms with Crippen molar-refractivity contribution in [3.05, 3.63) is 28.7 Å². The van der Waals surface area contributed by atoms with E-state index in [1.807, 2.05) is 0 Å². The van der Waals surface area contributed by atoms with Gasteiger partial charge in [-0.05, 0) is 56.4 Å². The number of amides is 1. The second kappa shape index (κ2) is 8.93. The third-order valence-electron chi connectivity index (χ3n) is 5.69. The fourth-order valence-electron chi connectivity index (χ4n) is 4.07. The molecular formula is C19H24BrF3N2O3S. The first-order chi connectivity index (χ1) is 13.6. The molecule has 1 aliphatic heterocycles. The molecule has 1 saturated carbocycles. The van der Waals surface area contributed by atoms with Crippen LogP contribution in [0, 0.1) is 11.8 Å². The normalized spacial score (nSPS) is 26.8. The minimum Gasteiger partial charge on any atom is -0.353 e. The van der Waals surface area contributed by atoms with Crippen LogP contribution in [-0.2, 0) is 14.8 Å². The summed E-state index contributed by atoms with van der Waals surface area (Å²) in [5.74, 6) is -2.30. The summed E-state index contributed by atoms with van der Waals surface area (Å²) in [7, 11) is -3.72. The molecule has 1 aromatic carbocycles. The number of hydrogen-bond donors (Lipinski definition) is 1. The lowest BCUT2D eigenvalue weighted by atomic mass is 9.85. The van der Waals surface area contributed by atoms with Crippen molar-refractivity contribution in [2.75, 3.05) is 13.1 Å². The fourth-order valence-corrected chi connectivity index (χ4v) is 5.86. The maximum absolute atomic E-state index is 13.0. The highest BCUT2D eigenvalue weighted by molar-refractivity contribution is 9.10. The number of piperidine rings is 1. The van der Waals surface area contributed by atoms with Crippen LogP contribution >= 0.6 is 15.9 Å². The average molecular weight is 497 g/mol.